The quantitative estimate of drug-likeness (QED) is 0.757. The minimum atomic E-state index is -0.605. The number of benzene rings is 1. The van der Waals surface area contributed by atoms with Gasteiger partial charge in [-0.05, 0) is 24.1 Å². The number of carbonyl (C=O) groups excluding carboxylic acids is 3. The highest BCUT2D eigenvalue weighted by molar-refractivity contribution is 5.97. The lowest BCUT2D eigenvalue weighted by Crippen LogP contribution is -2.47. The van der Waals surface area contributed by atoms with Crippen LogP contribution < -0.4 is 20.1 Å². The number of rotatable bonds is 7. The van der Waals surface area contributed by atoms with Crippen LogP contribution in [0.5, 0.6) is 11.5 Å². The standard InChI is InChI=1S/C16H23N3O5/c1-11(20)19(10-15(21)17-2)16(22)18-8-7-12-5-6-13(23-3)14(9-12)24-4/h5-6,9H,7-8,10H2,1-4H3,(H,17,21)(H,18,22). The summed E-state index contributed by atoms with van der Waals surface area (Å²) in [6.07, 6.45) is 0.539. The first-order chi connectivity index (χ1) is 11.4. The van der Waals surface area contributed by atoms with Crippen molar-refractivity contribution < 1.29 is 23.9 Å². The highest BCUT2D eigenvalue weighted by atomic mass is 16.5. The van der Waals surface area contributed by atoms with Gasteiger partial charge in [0.25, 0.3) is 0 Å². The molecule has 0 bridgehead atoms. The van der Waals surface area contributed by atoms with E-state index in [9.17, 15) is 14.4 Å². The Morgan fingerprint density at radius 3 is 2.33 bits per heavy atom. The number of likely N-dealkylation sites (N-methyl/N-ethyl adjacent to an activating group) is 1. The maximum atomic E-state index is 12.0. The minimum absolute atomic E-state index is 0.311. The molecule has 1 aromatic carbocycles. The van der Waals surface area contributed by atoms with Crippen molar-refractivity contribution in [3.05, 3.63) is 23.8 Å². The molecule has 0 radical (unpaired) electrons. The van der Waals surface area contributed by atoms with Crippen LogP contribution >= 0.6 is 0 Å². The van der Waals surface area contributed by atoms with Crippen LogP contribution in [0, 0.1) is 0 Å². The van der Waals surface area contributed by atoms with Crippen molar-refractivity contribution in [1.29, 1.82) is 0 Å². The number of carbonyl (C=O) groups is 3. The molecule has 0 aliphatic rings. The maximum absolute atomic E-state index is 12.0. The summed E-state index contributed by atoms with van der Waals surface area (Å²) >= 11 is 0. The van der Waals surface area contributed by atoms with Crippen LogP contribution in [0.25, 0.3) is 0 Å². The number of hydrogen-bond acceptors (Lipinski definition) is 5. The van der Waals surface area contributed by atoms with Gasteiger partial charge in [-0.2, -0.15) is 0 Å². The van der Waals surface area contributed by atoms with Crippen molar-refractivity contribution in [2.24, 2.45) is 0 Å². The Hall–Kier alpha value is -2.77. The number of nitrogens with one attached hydrogen (secondary N) is 2. The number of hydrogen-bond donors (Lipinski definition) is 2. The van der Waals surface area contributed by atoms with Gasteiger partial charge in [0.2, 0.25) is 11.8 Å². The molecule has 132 valence electrons. The molecule has 8 heteroatoms. The molecule has 0 aliphatic heterocycles. The highest BCUT2D eigenvalue weighted by Gasteiger charge is 2.20. The predicted octanol–water partition coefficient (Wildman–Crippen LogP) is 0.550. The Bertz CT molecular complexity index is 603. The summed E-state index contributed by atoms with van der Waals surface area (Å²) in [6, 6.07) is 4.86. The first-order valence-electron chi connectivity index (χ1n) is 7.40. The van der Waals surface area contributed by atoms with E-state index in [2.05, 4.69) is 10.6 Å². The molecule has 24 heavy (non-hydrogen) atoms. The molecule has 1 aromatic rings. The second-order valence-corrected chi connectivity index (χ2v) is 4.95. The minimum Gasteiger partial charge on any atom is -0.493 e. The number of imide groups is 1. The molecule has 0 saturated carbocycles. The summed E-state index contributed by atoms with van der Waals surface area (Å²) in [5, 5.41) is 4.99. The third-order valence-electron chi connectivity index (χ3n) is 3.34. The SMILES string of the molecule is CNC(=O)CN(C(C)=O)C(=O)NCCc1ccc(OC)c(OC)c1. The fourth-order valence-corrected chi connectivity index (χ4v) is 1.99. The van der Waals surface area contributed by atoms with Crippen LogP contribution in [-0.4, -0.2) is 57.1 Å². The van der Waals surface area contributed by atoms with Crippen molar-refractivity contribution in [3.8, 4) is 11.5 Å². The molecule has 4 amide bonds. The molecule has 0 aromatic heterocycles. The van der Waals surface area contributed by atoms with E-state index in [1.54, 1.807) is 20.3 Å². The van der Waals surface area contributed by atoms with E-state index in [1.807, 2.05) is 12.1 Å². The largest absolute Gasteiger partial charge is 0.493 e. The van der Waals surface area contributed by atoms with Crippen molar-refractivity contribution in [3.63, 3.8) is 0 Å². The molecular weight excluding hydrogens is 314 g/mol. The fraction of sp³-hybridized carbons (Fsp3) is 0.438. The van der Waals surface area contributed by atoms with E-state index in [1.165, 1.54) is 14.0 Å². The highest BCUT2D eigenvalue weighted by Crippen LogP contribution is 2.27. The van der Waals surface area contributed by atoms with Crippen LogP contribution in [0.15, 0.2) is 18.2 Å². The van der Waals surface area contributed by atoms with Crippen molar-refractivity contribution in [2.45, 2.75) is 13.3 Å². The van der Waals surface area contributed by atoms with Crippen LogP contribution in [0.4, 0.5) is 4.79 Å². The average Bonchev–Trinajstić information content (AvgIpc) is 2.58. The smallest absolute Gasteiger partial charge is 0.324 e. The first kappa shape index (κ1) is 19.3. The lowest BCUT2D eigenvalue weighted by atomic mass is 10.1. The predicted molar refractivity (Wildman–Crippen MR) is 88.1 cm³/mol. The number of methoxy groups -OCH3 is 2. The van der Waals surface area contributed by atoms with E-state index in [0.717, 1.165) is 10.5 Å². The van der Waals surface area contributed by atoms with E-state index >= 15 is 0 Å². The van der Waals surface area contributed by atoms with Gasteiger partial charge in [0.1, 0.15) is 6.54 Å². The monoisotopic (exact) mass is 337 g/mol. The second-order valence-electron chi connectivity index (χ2n) is 4.95. The van der Waals surface area contributed by atoms with E-state index in [0.29, 0.717) is 24.5 Å². The lowest BCUT2D eigenvalue weighted by Gasteiger charge is -2.18. The summed E-state index contributed by atoms with van der Waals surface area (Å²) in [6.45, 7) is 1.23. The van der Waals surface area contributed by atoms with Crippen molar-refractivity contribution in [1.82, 2.24) is 15.5 Å². The zero-order valence-corrected chi connectivity index (χ0v) is 14.3. The Morgan fingerprint density at radius 2 is 1.79 bits per heavy atom. The van der Waals surface area contributed by atoms with Gasteiger partial charge in [0, 0.05) is 20.5 Å². The molecule has 0 unspecified atom stereocenters. The molecule has 1 rings (SSSR count). The van der Waals surface area contributed by atoms with Crippen molar-refractivity contribution >= 4 is 17.8 Å². The molecule has 0 saturated heterocycles. The third kappa shape index (κ3) is 5.45. The average molecular weight is 337 g/mol. The number of nitrogens with zero attached hydrogens (tertiary/aromatic N) is 1. The Balaban J connectivity index is 2.60. The molecule has 0 spiro atoms. The number of urea groups is 1. The fourth-order valence-electron chi connectivity index (χ4n) is 1.99. The van der Waals surface area contributed by atoms with Gasteiger partial charge >= 0.3 is 6.03 Å². The van der Waals surface area contributed by atoms with E-state index in [-0.39, 0.29) is 6.54 Å². The van der Waals surface area contributed by atoms with Crippen LogP contribution in [-0.2, 0) is 16.0 Å². The normalized spacial score (nSPS) is 9.83. The van der Waals surface area contributed by atoms with Crippen molar-refractivity contribution in [2.75, 3.05) is 34.4 Å². The van der Waals surface area contributed by atoms with E-state index in [4.69, 9.17) is 9.47 Å². The number of amides is 4. The van der Waals surface area contributed by atoms with Gasteiger partial charge in [0.05, 0.1) is 14.2 Å². The van der Waals surface area contributed by atoms with Gasteiger partial charge < -0.3 is 20.1 Å². The zero-order valence-electron chi connectivity index (χ0n) is 14.3. The second kappa shape index (κ2) is 9.39. The molecule has 0 atom stereocenters. The Kier molecular flexibility index (Phi) is 7.54. The van der Waals surface area contributed by atoms with Crippen LogP contribution in [0.2, 0.25) is 0 Å². The first-order valence-corrected chi connectivity index (χ1v) is 7.40. The van der Waals surface area contributed by atoms with Gasteiger partial charge in [0.15, 0.2) is 11.5 Å². The molecule has 0 aliphatic carbocycles. The molecular formula is C16H23N3O5. The summed E-state index contributed by atoms with van der Waals surface area (Å²) in [5.74, 6) is 0.312. The summed E-state index contributed by atoms with van der Waals surface area (Å²) in [4.78, 5) is 35.7. The molecule has 2 N–H and O–H groups in total. The molecule has 0 fully saturated rings. The topological polar surface area (TPSA) is 97.0 Å². The van der Waals surface area contributed by atoms with Gasteiger partial charge in [-0.15, -0.1) is 0 Å². The molecule has 0 heterocycles. The maximum Gasteiger partial charge on any atom is 0.324 e. The van der Waals surface area contributed by atoms with Crippen LogP contribution in [0.1, 0.15) is 12.5 Å². The van der Waals surface area contributed by atoms with Crippen LogP contribution in [0.3, 0.4) is 0 Å². The third-order valence-corrected chi connectivity index (χ3v) is 3.34. The summed E-state index contributed by atoms with van der Waals surface area (Å²) in [5.41, 5.74) is 0.939. The summed E-state index contributed by atoms with van der Waals surface area (Å²) < 4.78 is 10.4. The number of ether oxygens (including phenoxy) is 2. The van der Waals surface area contributed by atoms with Gasteiger partial charge in [-0.25, -0.2) is 4.79 Å². The molecule has 8 nitrogen and oxygen atoms in total. The Labute approximate surface area is 141 Å². The van der Waals surface area contributed by atoms with Gasteiger partial charge in [-0.1, -0.05) is 6.07 Å². The van der Waals surface area contributed by atoms with Gasteiger partial charge in [-0.3, -0.25) is 14.5 Å². The zero-order chi connectivity index (χ0) is 18.1. The Morgan fingerprint density at radius 1 is 1.12 bits per heavy atom. The van der Waals surface area contributed by atoms with E-state index < -0.39 is 17.8 Å². The summed E-state index contributed by atoms with van der Waals surface area (Å²) in [7, 11) is 4.54. The lowest BCUT2D eigenvalue weighted by molar-refractivity contribution is -0.131.